The van der Waals surface area contributed by atoms with Crippen LogP contribution in [0.4, 0.5) is 17.6 Å². The average Bonchev–Trinajstić information content (AvgIpc) is 3.49. The van der Waals surface area contributed by atoms with Crippen molar-refractivity contribution >= 4 is 27.6 Å². The van der Waals surface area contributed by atoms with Crippen molar-refractivity contribution in [3.8, 4) is 0 Å². The molecular weight excluding hydrogens is 454 g/mol. The maximum Gasteiger partial charge on any atom is 0.224 e. The Labute approximate surface area is 201 Å². The molecule has 2 aromatic heterocycles. The van der Waals surface area contributed by atoms with E-state index in [-0.39, 0.29) is 29.9 Å². The van der Waals surface area contributed by atoms with Gasteiger partial charge in [-0.3, -0.25) is 5.10 Å². The lowest BCUT2D eigenvalue weighted by atomic mass is 9.76. The third-order valence-corrected chi connectivity index (χ3v) is 9.36. The second-order valence-corrected chi connectivity index (χ2v) is 11.8. The van der Waals surface area contributed by atoms with Gasteiger partial charge in [-0.15, -0.1) is 0 Å². The molecule has 1 unspecified atom stereocenters. The van der Waals surface area contributed by atoms with Crippen molar-refractivity contribution in [2.24, 2.45) is 0 Å². The van der Waals surface area contributed by atoms with Gasteiger partial charge in [0, 0.05) is 43.1 Å². The quantitative estimate of drug-likeness (QED) is 0.539. The van der Waals surface area contributed by atoms with Gasteiger partial charge in [-0.25, -0.2) is 13.4 Å². The molecule has 2 aromatic rings. The van der Waals surface area contributed by atoms with Gasteiger partial charge in [-0.05, 0) is 58.3 Å². The van der Waals surface area contributed by atoms with E-state index < -0.39 is 10.0 Å². The van der Waals surface area contributed by atoms with Gasteiger partial charge in [-0.1, -0.05) is 6.42 Å². The molecule has 0 saturated carbocycles. The van der Waals surface area contributed by atoms with Crippen molar-refractivity contribution in [1.29, 1.82) is 0 Å². The summed E-state index contributed by atoms with van der Waals surface area (Å²) in [5.74, 6) is 2.26. The first-order chi connectivity index (χ1) is 16.4. The van der Waals surface area contributed by atoms with Crippen LogP contribution in [0.1, 0.15) is 80.8 Å². The minimum atomic E-state index is -3.24. The fourth-order valence-corrected chi connectivity index (χ4v) is 7.51. The summed E-state index contributed by atoms with van der Waals surface area (Å²) in [5, 5.41) is 13.9. The summed E-state index contributed by atoms with van der Waals surface area (Å²) < 4.78 is 33.8. The molecular formula is C23H35N7O3S. The highest BCUT2D eigenvalue weighted by Gasteiger charge is 2.45. The lowest BCUT2D eigenvalue weighted by molar-refractivity contribution is 0.0982. The Balaban J connectivity index is 1.58. The number of anilines is 3. The molecule has 0 radical (unpaired) electrons. The molecule has 3 saturated heterocycles. The van der Waals surface area contributed by atoms with Crippen LogP contribution in [0.15, 0.2) is 6.07 Å². The first-order valence-corrected chi connectivity index (χ1v) is 14.0. The number of nitrogens with one attached hydrogen (secondary N) is 3. The van der Waals surface area contributed by atoms with E-state index >= 15 is 0 Å². The van der Waals surface area contributed by atoms with E-state index in [1.807, 2.05) is 24.3 Å². The standard InChI is InChI=1S/C23H35N7O3S/c1-4-34(31,32)30-16-7-5-8-17(30)13-15(12-16)20-21(18-9-6-10-33-18)26-23(24-3)27-22(20)25-19-11-14(2)28-29-19/h11,15-18H,4-10,12-13H2,1-3H3,(H3,24,25,26,27,28,29)/t15-,16-,17+,18?. The molecule has 0 aliphatic carbocycles. The molecule has 3 aliphatic rings. The smallest absolute Gasteiger partial charge is 0.224 e. The van der Waals surface area contributed by atoms with Crippen molar-refractivity contribution < 1.29 is 13.2 Å². The van der Waals surface area contributed by atoms with Gasteiger partial charge >= 0.3 is 0 Å². The van der Waals surface area contributed by atoms with E-state index in [0.29, 0.717) is 11.8 Å². The van der Waals surface area contributed by atoms with Crippen LogP contribution in [0.3, 0.4) is 0 Å². The van der Waals surface area contributed by atoms with Crippen LogP contribution in [0, 0.1) is 6.92 Å². The van der Waals surface area contributed by atoms with Crippen LogP contribution in [0.25, 0.3) is 0 Å². The molecule has 34 heavy (non-hydrogen) atoms. The van der Waals surface area contributed by atoms with Gasteiger partial charge in [-0.2, -0.15) is 14.4 Å². The van der Waals surface area contributed by atoms with E-state index in [0.717, 1.165) is 74.3 Å². The van der Waals surface area contributed by atoms with Gasteiger partial charge in [0.05, 0.1) is 11.4 Å². The zero-order valence-electron chi connectivity index (χ0n) is 20.2. The molecule has 0 amide bonds. The van der Waals surface area contributed by atoms with Gasteiger partial charge < -0.3 is 15.4 Å². The lowest BCUT2D eigenvalue weighted by Gasteiger charge is -2.48. The van der Waals surface area contributed by atoms with Gasteiger partial charge in [0.2, 0.25) is 16.0 Å². The highest BCUT2D eigenvalue weighted by Crippen LogP contribution is 2.47. The Morgan fingerprint density at radius 1 is 1.18 bits per heavy atom. The third kappa shape index (κ3) is 4.40. The minimum absolute atomic E-state index is 0.0178. The molecule has 0 aromatic carbocycles. The van der Waals surface area contributed by atoms with E-state index in [1.165, 1.54) is 0 Å². The number of piperidine rings is 2. The van der Waals surface area contributed by atoms with Crippen molar-refractivity contribution in [3.05, 3.63) is 23.0 Å². The van der Waals surface area contributed by atoms with Crippen LogP contribution >= 0.6 is 0 Å². The highest BCUT2D eigenvalue weighted by molar-refractivity contribution is 7.89. The van der Waals surface area contributed by atoms with E-state index in [2.05, 4.69) is 20.8 Å². The number of sulfonamides is 1. The molecule has 186 valence electrons. The van der Waals surface area contributed by atoms with Gasteiger partial charge in [0.1, 0.15) is 11.9 Å². The summed E-state index contributed by atoms with van der Waals surface area (Å²) >= 11 is 0. The van der Waals surface area contributed by atoms with E-state index in [4.69, 9.17) is 14.7 Å². The van der Waals surface area contributed by atoms with Crippen molar-refractivity contribution in [1.82, 2.24) is 24.5 Å². The zero-order valence-corrected chi connectivity index (χ0v) is 21.0. The topological polar surface area (TPSA) is 125 Å². The average molecular weight is 490 g/mol. The summed E-state index contributed by atoms with van der Waals surface area (Å²) in [6, 6.07) is 1.98. The van der Waals surface area contributed by atoms with Crippen molar-refractivity contribution in [2.75, 3.05) is 30.0 Å². The number of H-pyrrole nitrogens is 1. The Kier molecular flexibility index (Phi) is 6.51. The largest absolute Gasteiger partial charge is 0.372 e. The van der Waals surface area contributed by atoms with Crippen LogP contribution in [0.2, 0.25) is 0 Å². The van der Waals surface area contributed by atoms with Crippen molar-refractivity contribution in [2.45, 2.75) is 82.9 Å². The van der Waals surface area contributed by atoms with Crippen LogP contribution < -0.4 is 10.6 Å². The Bertz CT molecular complexity index is 1120. The summed E-state index contributed by atoms with van der Waals surface area (Å²) in [6.45, 7) is 4.43. The van der Waals surface area contributed by atoms with Crippen LogP contribution in [0.5, 0.6) is 0 Å². The molecule has 5 heterocycles. The number of fused-ring (bicyclic) bond motifs is 2. The Morgan fingerprint density at radius 3 is 2.53 bits per heavy atom. The third-order valence-electron chi connectivity index (χ3n) is 7.39. The fourth-order valence-electron chi connectivity index (χ4n) is 5.92. The number of aromatic amines is 1. The molecule has 5 rings (SSSR count). The Morgan fingerprint density at radius 2 is 1.94 bits per heavy atom. The minimum Gasteiger partial charge on any atom is -0.372 e. The van der Waals surface area contributed by atoms with Crippen LogP contribution in [-0.4, -0.2) is 64.4 Å². The second-order valence-electron chi connectivity index (χ2n) is 9.64. The molecule has 11 heteroatoms. The molecule has 10 nitrogen and oxygen atoms in total. The number of aromatic nitrogens is 4. The number of ether oxygens (including phenoxy) is 1. The molecule has 2 bridgehead atoms. The predicted octanol–water partition coefficient (Wildman–Crippen LogP) is 3.60. The molecule has 3 N–H and O–H groups in total. The normalized spacial score (nSPS) is 27.6. The first kappa shape index (κ1) is 23.5. The second kappa shape index (κ2) is 9.43. The van der Waals surface area contributed by atoms with Gasteiger partial charge in [0.25, 0.3) is 0 Å². The van der Waals surface area contributed by atoms with Gasteiger partial charge in [0.15, 0.2) is 5.82 Å². The van der Waals surface area contributed by atoms with E-state index in [1.54, 1.807) is 6.92 Å². The lowest BCUT2D eigenvalue weighted by Crippen LogP contribution is -2.54. The SMILES string of the molecule is CCS(=O)(=O)N1[C@@H]2CCC[C@H]1C[C@H](c1c(Nc3cc(C)[nH]n3)nc(NC)nc1C1CCCO1)C2. The van der Waals surface area contributed by atoms with Crippen molar-refractivity contribution in [3.63, 3.8) is 0 Å². The number of hydrogen-bond donors (Lipinski definition) is 3. The maximum absolute atomic E-state index is 12.9. The number of nitrogens with zero attached hydrogens (tertiary/aromatic N) is 4. The molecule has 3 aliphatic heterocycles. The van der Waals surface area contributed by atoms with E-state index in [9.17, 15) is 8.42 Å². The maximum atomic E-state index is 12.9. The molecule has 4 atom stereocenters. The molecule has 3 fully saturated rings. The fraction of sp³-hybridized carbons (Fsp3) is 0.696. The first-order valence-electron chi connectivity index (χ1n) is 12.4. The number of rotatable bonds is 7. The summed E-state index contributed by atoms with van der Waals surface area (Å²) in [5.41, 5.74) is 2.93. The monoisotopic (exact) mass is 489 g/mol. The summed E-state index contributed by atoms with van der Waals surface area (Å²) in [7, 11) is -1.43. The molecule has 0 spiro atoms. The van der Waals surface area contributed by atoms with Crippen LogP contribution in [-0.2, 0) is 14.8 Å². The summed E-state index contributed by atoms with van der Waals surface area (Å²) in [6.07, 6.45) is 6.26. The predicted molar refractivity (Wildman–Crippen MR) is 131 cm³/mol. The number of aryl methyl sites for hydroxylation is 1. The highest BCUT2D eigenvalue weighted by atomic mass is 32.2. The number of hydrogen-bond acceptors (Lipinski definition) is 8. The summed E-state index contributed by atoms with van der Waals surface area (Å²) in [4.78, 5) is 9.69. The Hall–Kier alpha value is -2.24. The zero-order chi connectivity index (χ0) is 23.9.